The molecule has 0 aliphatic heterocycles. The van der Waals surface area contributed by atoms with Gasteiger partial charge in [-0.1, -0.05) is 17.3 Å². The molecule has 0 saturated carbocycles. The molecule has 1 aromatic carbocycles. The van der Waals surface area contributed by atoms with E-state index >= 15 is 0 Å². The highest BCUT2D eigenvalue weighted by molar-refractivity contribution is 6.03. The summed E-state index contributed by atoms with van der Waals surface area (Å²) in [7, 11) is 1.69. The number of amides is 1. The van der Waals surface area contributed by atoms with Gasteiger partial charge in [-0.15, -0.1) is 0 Å². The molecule has 3 aromatic rings. The van der Waals surface area contributed by atoms with Gasteiger partial charge in [-0.3, -0.25) is 9.78 Å². The van der Waals surface area contributed by atoms with Gasteiger partial charge in [0.05, 0.1) is 0 Å². The van der Waals surface area contributed by atoms with Crippen LogP contribution in [0.5, 0.6) is 0 Å². The van der Waals surface area contributed by atoms with Crippen molar-refractivity contribution in [3.05, 3.63) is 59.7 Å². The lowest BCUT2D eigenvalue weighted by molar-refractivity contribution is 0.0951. The van der Waals surface area contributed by atoms with Crippen molar-refractivity contribution < 1.29 is 9.32 Å². The second-order valence-electron chi connectivity index (χ2n) is 5.31. The average Bonchev–Trinajstić information content (AvgIpc) is 3.06. The summed E-state index contributed by atoms with van der Waals surface area (Å²) in [5.74, 6) is -0.0168. The molecule has 0 N–H and O–H groups in total. The molecule has 0 fully saturated rings. The van der Waals surface area contributed by atoms with Crippen molar-refractivity contribution in [1.82, 2.24) is 15.1 Å². The van der Waals surface area contributed by atoms with Crippen molar-refractivity contribution >= 4 is 11.6 Å². The van der Waals surface area contributed by atoms with Gasteiger partial charge in [0.2, 0.25) is 5.82 Å². The lowest BCUT2D eigenvalue weighted by atomic mass is 10.1. The summed E-state index contributed by atoms with van der Waals surface area (Å²) in [6.07, 6.45) is 3.27. The van der Waals surface area contributed by atoms with Crippen molar-refractivity contribution in [3.63, 3.8) is 0 Å². The number of hydrogen-bond acceptors (Lipinski definition) is 5. The molecule has 6 heteroatoms. The van der Waals surface area contributed by atoms with Crippen molar-refractivity contribution in [3.8, 4) is 11.4 Å². The highest BCUT2D eigenvalue weighted by Gasteiger charge is 2.22. The number of rotatable bonds is 3. The average molecular weight is 308 g/mol. The summed E-state index contributed by atoms with van der Waals surface area (Å²) in [6.45, 7) is 3.93. The summed E-state index contributed by atoms with van der Waals surface area (Å²) >= 11 is 0. The summed E-state index contributed by atoms with van der Waals surface area (Å²) in [6, 6.07) is 9.45. The monoisotopic (exact) mass is 308 g/mol. The largest absolute Gasteiger partial charge is 0.328 e. The molecule has 0 atom stereocenters. The van der Waals surface area contributed by atoms with Gasteiger partial charge in [0, 0.05) is 30.7 Å². The Labute approximate surface area is 133 Å². The number of aryl methyl sites for hydroxylation is 2. The Hall–Kier alpha value is -3.02. The smallest absolute Gasteiger partial charge is 0.316 e. The first-order valence-corrected chi connectivity index (χ1v) is 7.15. The summed E-state index contributed by atoms with van der Waals surface area (Å²) in [5.41, 5.74) is 3.64. The minimum absolute atomic E-state index is 0.0415. The Morgan fingerprint density at radius 1 is 1.13 bits per heavy atom. The quantitative estimate of drug-likeness (QED) is 0.743. The number of nitrogens with zero attached hydrogens (tertiary/aromatic N) is 4. The van der Waals surface area contributed by atoms with Crippen LogP contribution >= 0.6 is 0 Å². The fraction of sp³-hybridized carbons (Fsp3) is 0.176. The van der Waals surface area contributed by atoms with Gasteiger partial charge in [0.15, 0.2) is 0 Å². The molecule has 0 aliphatic rings. The van der Waals surface area contributed by atoms with Crippen LogP contribution in [0.1, 0.15) is 21.8 Å². The number of carbonyl (C=O) groups is 1. The molecule has 0 unspecified atom stereocenters. The van der Waals surface area contributed by atoms with E-state index in [9.17, 15) is 4.79 Å². The highest BCUT2D eigenvalue weighted by atomic mass is 16.5. The number of hydrogen-bond donors (Lipinski definition) is 0. The van der Waals surface area contributed by atoms with E-state index in [0.29, 0.717) is 5.82 Å². The number of pyridine rings is 1. The molecule has 0 radical (unpaired) electrons. The zero-order valence-electron chi connectivity index (χ0n) is 13.1. The molecule has 0 bridgehead atoms. The van der Waals surface area contributed by atoms with E-state index in [1.807, 2.05) is 32.0 Å². The van der Waals surface area contributed by atoms with Crippen LogP contribution in [0.4, 0.5) is 5.69 Å². The number of anilines is 1. The van der Waals surface area contributed by atoms with Crippen LogP contribution in [0, 0.1) is 13.8 Å². The highest BCUT2D eigenvalue weighted by Crippen LogP contribution is 2.22. The van der Waals surface area contributed by atoms with Gasteiger partial charge < -0.3 is 9.42 Å². The van der Waals surface area contributed by atoms with E-state index in [4.69, 9.17) is 4.52 Å². The van der Waals surface area contributed by atoms with Crippen LogP contribution in [0.15, 0.2) is 47.2 Å². The molecule has 2 aromatic heterocycles. The fourth-order valence-electron chi connectivity index (χ4n) is 2.26. The Morgan fingerprint density at radius 3 is 2.61 bits per heavy atom. The predicted molar refractivity (Wildman–Crippen MR) is 86.2 cm³/mol. The van der Waals surface area contributed by atoms with Crippen molar-refractivity contribution in [2.75, 3.05) is 11.9 Å². The third-order valence-electron chi connectivity index (χ3n) is 3.58. The van der Waals surface area contributed by atoms with E-state index in [-0.39, 0.29) is 11.8 Å². The van der Waals surface area contributed by atoms with E-state index in [1.165, 1.54) is 4.90 Å². The predicted octanol–water partition coefficient (Wildman–Crippen LogP) is 3.03. The lowest BCUT2D eigenvalue weighted by Crippen LogP contribution is -2.27. The van der Waals surface area contributed by atoms with Crippen molar-refractivity contribution in [2.45, 2.75) is 13.8 Å². The Balaban J connectivity index is 1.89. The third kappa shape index (κ3) is 2.96. The normalized spacial score (nSPS) is 10.6. The molecule has 116 valence electrons. The van der Waals surface area contributed by atoms with Gasteiger partial charge in [-0.05, 0) is 43.2 Å². The van der Waals surface area contributed by atoms with Crippen molar-refractivity contribution in [1.29, 1.82) is 0 Å². The first kappa shape index (κ1) is 14.9. The van der Waals surface area contributed by atoms with Crippen LogP contribution < -0.4 is 4.90 Å². The van der Waals surface area contributed by atoms with Crippen LogP contribution in [0.2, 0.25) is 0 Å². The summed E-state index contributed by atoms with van der Waals surface area (Å²) in [5, 5.41) is 3.86. The number of aromatic nitrogens is 3. The molecule has 0 aliphatic carbocycles. The molecular weight excluding hydrogens is 292 g/mol. The van der Waals surface area contributed by atoms with Gasteiger partial charge >= 0.3 is 11.8 Å². The zero-order valence-corrected chi connectivity index (χ0v) is 13.1. The molecular formula is C17H16N4O2. The van der Waals surface area contributed by atoms with Crippen molar-refractivity contribution in [2.24, 2.45) is 0 Å². The summed E-state index contributed by atoms with van der Waals surface area (Å²) in [4.78, 5) is 22.2. The Morgan fingerprint density at radius 2 is 1.87 bits per heavy atom. The van der Waals surface area contributed by atoms with Crippen LogP contribution in [-0.2, 0) is 0 Å². The second kappa shape index (κ2) is 6.00. The SMILES string of the molecule is Cc1ccc(C)c(N(C)C(=O)c2nc(-c3ccncc3)no2)c1. The third-order valence-corrected chi connectivity index (χ3v) is 3.58. The first-order valence-electron chi connectivity index (χ1n) is 7.15. The van der Waals surface area contributed by atoms with E-state index < -0.39 is 0 Å². The Bertz CT molecular complexity index is 843. The van der Waals surface area contributed by atoms with Crippen LogP contribution in [0.3, 0.4) is 0 Å². The molecule has 1 amide bonds. The molecule has 0 spiro atoms. The molecule has 6 nitrogen and oxygen atoms in total. The van der Waals surface area contributed by atoms with E-state index in [0.717, 1.165) is 22.4 Å². The van der Waals surface area contributed by atoms with Gasteiger partial charge in [-0.2, -0.15) is 4.98 Å². The van der Waals surface area contributed by atoms with Gasteiger partial charge in [0.1, 0.15) is 0 Å². The first-order chi connectivity index (χ1) is 11.1. The van der Waals surface area contributed by atoms with Gasteiger partial charge in [0.25, 0.3) is 0 Å². The Kier molecular flexibility index (Phi) is 3.89. The second-order valence-corrected chi connectivity index (χ2v) is 5.31. The minimum Gasteiger partial charge on any atom is -0.328 e. The zero-order chi connectivity index (χ0) is 16.4. The number of benzene rings is 1. The summed E-state index contributed by atoms with van der Waals surface area (Å²) < 4.78 is 5.12. The van der Waals surface area contributed by atoms with Crippen LogP contribution in [0.25, 0.3) is 11.4 Å². The van der Waals surface area contributed by atoms with E-state index in [1.54, 1.807) is 31.6 Å². The topological polar surface area (TPSA) is 72.1 Å². The lowest BCUT2D eigenvalue weighted by Gasteiger charge is -2.18. The molecule has 2 heterocycles. The maximum Gasteiger partial charge on any atom is 0.316 e. The minimum atomic E-state index is -0.341. The maximum absolute atomic E-state index is 12.6. The van der Waals surface area contributed by atoms with Crippen LogP contribution in [-0.4, -0.2) is 28.1 Å². The molecule has 0 saturated heterocycles. The van der Waals surface area contributed by atoms with Gasteiger partial charge in [-0.25, -0.2) is 0 Å². The fourth-order valence-corrected chi connectivity index (χ4v) is 2.26. The standard InChI is InChI=1S/C17H16N4O2/c1-11-4-5-12(2)14(10-11)21(3)17(22)16-19-15(20-23-16)13-6-8-18-9-7-13/h4-10H,1-3H3. The van der Waals surface area contributed by atoms with E-state index in [2.05, 4.69) is 15.1 Å². The molecule has 3 rings (SSSR count). The maximum atomic E-state index is 12.6. The molecule has 23 heavy (non-hydrogen) atoms. The number of carbonyl (C=O) groups excluding carboxylic acids is 1.